The van der Waals surface area contributed by atoms with Crippen molar-refractivity contribution in [3.63, 3.8) is 0 Å². The van der Waals surface area contributed by atoms with Gasteiger partial charge in [-0.05, 0) is 50.2 Å². The van der Waals surface area contributed by atoms with E-state index in [0.717, 1.165) is 12.1 Å². The Balaban J connectivity index is 1.96. The lowest BCUT2D eigenvalue weighted by Crippen LogP contribution is -2.35. The molecule has 2 atom stereocenters. The quantitative estimate of drug-likeness (QED) is 0.735. The smallest absolute Gasteiger partial charge is 0.418 e. The van der Waals surface area contributed by atoms with Crippen LogP contribution >= 0.6 is 0 Å². The van der Waals surface area contributed by atoms with Gasteiger partial charge in [0.15, 0.2) is 12.2 Å². The van der Waals surface area contributed by atoms with Gasteiger partial charge in [0, 0.05) is 0 Å². The Labute approximate surface area is 164 Å². The highest BCUT2D eigenvalue weighted by atomic mass is 19.4. The van der Waals surface area contributed by atoms with Crippen LogP contribution in [0, 0.1) is 11.3 Å². The zero-order valence-corrected chi connectivity index (χ0v) is 15.5. The third-order valence-corrected chi connectivity index (χ3v) is 3.78. The minimum Gasteiger partial charge on any atom is -0.479 e. The van der Waals surface area contributed by atoms with E-state index in [1.54, 1.807) is 0 Å². The van der Waals surface area contributed by atoms with Crippen molar-refractivity contribution in [3.05, 3.63) is 59.7 Å². The molecule has 0 saturated carbocycles. The van der Waals surface area contributed by atoms with Gasteiger partial charge in [-0.25, -0.2) is 4.79 Å². The Bertz CT molecular complexity index is 921. The molecule has 1 amide bonds. The number of hydrogen-bond donors (Lipinski definition) is 1. The number of anilines is 1. The van der Waals surface area contributed by atoms with E-state index in [4.69, 9.17) is 14.7 Å². The molecule has 0 unspecified atom stereocenters. The molecule has 0 radical (unpaired) electrons. The fraction of sp³-hybridized carbons (Fsp3) is 0.250. The monoisotopic (exact) mass is 406 g/mol. The Morgan fingerprint density at radius 1 is 1.03 bits per heavy atom. The molecule has 0 aromatic heterocycles. The molecule has 152 valence electrons. The van der Waals surface area contributed by atoms with Crippen LogP contribution in [0.15, 0.2) is 48.5 Å². The van der Waals surface area contributed by atoms with Crippen LogP contribution in [-0.4, -0.2) is 24.1 Å². The third kappa shape index (κ3) is 5.97. The van der Waals surface area contributed by atoms with Crippen LogP contribution in [0.4, 0.5) is 18.9 Å². The van der Waals surface area contributed by atoms with Gasteiger partial charge in [-0.2, -0.15) is 18.4 Å². The molecule has 0 fully saturated rings. The van der Waals surface area contributed by atoms with Crippen LogP contribution < -0.4 is 10.1 Å². The molecule has 29 heavy (non-hydrogen) atoms. The second-order valence-corrected chi connectivity index (χ2v) is 6.01. The molecule has 0 aliphatic heterocycles. The predicted molar refractivity (Wildman–Crippen MR) is 96.9 cm³/mol. The van der Waals surface area contributed by atoms with E-state index in [1.807, 2.05) is 6.07 Å². The van der Waals surface area contributed by atoms with Crippen molar-refractivity contribution in [3.8, 4) is 11.8 Å². The van der Waals surface area contributed by atoms with Crippen molar-refractivity contribution in [1.82, 2.24) is 0 Å². The number of hydrogen-bond acceptors (Lipinski definition) is 5. The number of benzene rings is 2. The van der Waals surface area contributed by atoms with E-state index in [1.165, 1.54) is 50.2 Å². The molecule has 0 aliphatic rings. The van der Waals surface area contributed by atoms with Crippen LogP contribution in [0.5, 0.6) is 5.75 Å². The van der Waals surface area contributed by atoms with E-state index in [0.29, 0.717) is 11.3 Å². The lowest BCUT2D eigenvalue weighted by Gasteiger charge is -2.19. The maximum absolute atomic E-state index is 13.0. The van der Waals surface area contributed by atoms with Gasteiger partial charge in [0.1, 0.15) is 5.75 Å². The van der Waals surface area contributed by atoms with Crippen molar-refractivity contribution >= 4 is 17.6 Å². The van der Waals surface area contributed by atoms with Crippen LogP contribution in [0.2, 0.25) is 0 Å². The molecule has 1 N–H and O–H groups in total. The van der Waals surface area contributed by atoms with Crippen molar-refractivity contribution in [1.29, 1.82) is 5.26 Å². The Hall–Kier alpha value is -3.54. The summed E-state index contributed by atoms with van der Waals surface area (Å²) in [6, 6.07) is 12.4. The summed E-state index contributed by atoms with van der Waals surface area (Å²) >= 11 is 0. The lowest BCUT2D eigenvalue weighted by molar-refractivity contribution is -0.159. The molecule has 2 aromatic carbocycles. The van der Waals surface area contributed by atoms with Gasteiger partial charge in [-0.1, -0.05) is 12.1 Å². The zero-order chi connectivity index (χ0) is 21.6. The number of alkyl halides is 3. The molecule has 0 bridgehead atoms. The molecular formula is C20H17F3N2O4. The standard InChI is InChI=1S/C20H17F3N2O4/c1-12(18(26)25-17-6-4-3-5-16(17)20(21,22)23)29-19(27)13(2)28-15-9-7-14(11-24)8-10-15/h3-10,12-13H,1-2H3,(H,25,26)/t12-,13+/m1/s1. The first-order valence-electron chi connectivity index (χ1n) is 8.46. The number of nitrogens with zero attached hydrogens (tertiary/aromatic N) is 1. The summed E-state index contributed by atoms with van der Waals surface area (Å²) in [6.45, 7) is 2.63. The summed E-state index contributed by atoms with van der Waals surface area (Å²) in [4.78, 5) is 24.3. The fourth-order valence-corrected chi connectivity index (χ4v) is 2.26. The van der Waals surface area contributed by atoms with Gasteiger partial charge in [0.05, 0.1) is 22.9 Å². The SMILES string of the molecule is C[C@H](Oc1ccc(C#N)cc1)C(=O)O[C@H](C)C(=O)Nc1ccccc1C(F)(F)F. The predicted octanol–water partition coefficient (Wildman–Crippen LogP) is 3.91. The second kappa shape index (κ2) is 9.10. The largest absolute Gasteiger partial charge is 0.479 e. The third-order valence-electron chi connectivity index (χ3n) is 3.78. The summed E-state index contributed by atoms with van der Waals surface area (Å²) in [5, 5.41) is 10.9. The van der Waals surface area contributed by atoms with E-state index >= 15 is 0 Å². The van der Waals surface area contributed by atoms with Crippen molar-refractivity contribution < 1.29 is 32.2 Å². The average Bonchev–Trinajstić information content (AvgIpc) is 2.68. The Kier molecular flexibility index (Phi) is 6.83. The number of para-hydroxylation sites is 1. The first-order valence-corrected chi connectivity index (χ1v) is 8.46. The average molecular weight is 406 g/mol. The van der Waals surface area contributed by atoms with Crippen LogP contribution in [0.1, 0.15) is 25.0 Å². The summed E-state index contributed by atoms with van der Waals surface area (Å²) in [5.41, 5.74) is -1.03. The normalized spacial score (nSPS) is 13.0. The molecule has 6 nitrogen and oxygen atoms in total. The molecule has 0 aliphatic carbocycles. The molecule has 2 rings (SSSR count). The highest BCUT2D eigenvalue weighted by Gasteiger charge is 2.34. The molecule has 2 aromatic rings. The summed E-state index contributed by atoms with van der Waals surface area (Å²) in [7, 11) is 0. The number of carbonyl (C=O) groups is 2. The molecule has 0 saturated heterocycles. The van der Waals surface area contributed by atoms with Crippen LogP contribution in [-0.2, 0) is 20.5 Å². The maximum atomic E-state index is 13.0. The minimum atomic E-state index is -4.65. The number of esters is 1. The van der Waals surface area contributed by atoms with Crippen molar-refractivity contribution in [2.24, 2.45) is 0 Å². The number of rotatable bonds is 6. The fourth-order valence-electron chi connectivity index (χ4n) is 2.26. The molecular weight excluding hydrogens is 389 g/mol. The number of nitrogens with one attached hydrogen (secondary N) is 1. The first-order chi connectivity index (χ1) is 13.6. The van der Waals surface area contributed by atoms with Crippen molar-refractivity contribution in [2.75, 3.05) is 5.32 Å². The Morgan fingerprint density at radius 3 is 2.24 bits per heavy atom. The van der Waals surface area contributed by atoms with E-state index in [2.05, 4.69) is 5.32 Å². The van der Waals surface area contributed by atoms with Gasteiger partial charge < -0.3 is 14.8 Å². The highest BCUT2D eigenvalue weighted by molar-refractivity contribution is 5.96. The topological polar surface area (TPSA) is 88.4 Å². The molecule has 9 heteroatoms. The number of halogens is 3. The van der Waals surface area contributed by atoms with E-state index in [-0.39, 0.29) is 0 Å². The number of nitriles is 1. The van der Waals surface area contributed by atoms with Gasteiger partial charge >= 0.3 is 12.1 Å². The number of ether oxygens (including phenoxy) is 2. The molecule has 0 spiro atoms. The summed E-state index contributed by atoms with van der Waals surface area (Å²) in [6.07, 6.45) is -7.08. The summed E-state index contributed by atoms with van der Waals surface area (Å²) in [5.74, 6) is -1.48. The van der Waals surface area contributed by atoms with E-state index in [9.17, 15) is 22.8 Å². The highest BCUT2D eigenvalue weighted by Crippen LogP contribution is 2.34. The zero-order valence-electron chi connectivity index (χ0n) is 15.5. The molecule has 0 heterocycles. The maximum Gasteiger partial charge on any atom is 0.418 e. The van der Waals surface area contributed by atoms with Crippen LogP contribution in [0.3, 0.4) is 0 Å². The minimum absolute atomic E-state index is 0.310. The lowest BCUT2D eigenvalue weighted by atomic mass is 10.1. The Morgan fingerprint density at radius 2 is 1.66 bits per heavy atom. The van der Waals surface area contributed by atoms with Gasteiger partial charge in [0.25, 0.3) is 5.91 Å². The van der Waals surface area contributed by atoms with Gasteiger partial charge in [-0.15, -0.1) is 0 Å². The number of carbonyl (C=O) groups excluding carboxylic acids is 2. The summed E-state index contributed by atoms with van der Waals surface area (Å²) < 4.78 is 49.4. The van der Waals surface area contributed by atoms with Crippen molar-refractivity contribution in [2.45, 2.75) is 32.2 Å². The van der Waals surface area contributed by atoms with Gasteiger partial charge in [0.2, 0.25) is 0 Å². The number of amides is 1. The first kappa shape index (κ1) is 21.8. The van der Waals surface area contributed by atoms with Crippen LogP contribution in [0.25, 0.3) is 0 Å². The second-order valence-electron chi connectivity index (χ2n) is 6.01. The van der Waals surface area contributed by atoms with Gasteiger partial charge in [-0.3, -0.25) is 4.79 Å². The van der Waals surface area contributed by atoms with E-state index < -0.39 is 41.5 Å².